The van der Waals surface area contributed by atoms with Gasteiger partial charge < -0.3 is 10.8 Å². The number of aryl methyl sites for hydroxylation is 1. The van der Waals surface area contributed by atoms with Crippen LogP contribution in [0.3, 0.4) is 0 Å². The number of halogens is 1. The molecule has 0 aromatic heterocycles. The van der Waals surface area contributed by atoms with Crippen molar-refractivity contribution in [1.29, 1.82) is 0 Å². The number of rotatable bonds is 3. The molecular formula is C12H18FNO. The lowest BCUT2D eigenvalue weighted by Gasteiger charge is -2.22. The molecule has 0 saturated heterocycles. The molecule has 2 nitrogen and oxygen atoms in total. The maximum Gasteiger partial charge on any atom is 0.126 e. The zero-order valence-electron chi connectivity index (χ0n) is 9.37. The predicted molar refractivity (Wildman–Crippen MR) is 58.9 cm³/mol. The van der Waals surface area contributed by atoms with Crippen LogP contribution < -0.4 is 5.73 Å². The van der Waals surface area contributed by atoms with Gasteiger partial charge in [-0.05, 0) is 30.0 Å². The van der Waals surface area contributed by atoms with Crippen molar-refractivity contribution in [2.24, 2.45) is 11.7 Å². The molecular weight excluding hydrogens is 193 g/mol. The number of hydrogen-bond donors (Lipinski definition) is 2. The zero-order valence-corrected chi connectivity index (χ0v) is 9.37. The molecule has 2 atom stereocenters. The van der Waals surface area contributed by atoms with Crippen LogP contribution in [0.2, 0.25) is 0 Å². The fourth-order valence-corrected chi connectivity index (χ4v) is 1.49. The summed E-state index contributed by atoms with van der Waals surface area (Å²) in [6.07, 6.45) is -0.602. The summed E-state index contributed by atoms with van der Waals surface area (Å²) in [5.41, 5.74) is 7.21. The lowest BCUT2D eigenvalue weighted by molar-refractivity contribution is 0.0979. The van der Waals surface area contributed by atoms with Crippen molar-refractivity contribution >= 4 is 0 Å². The fraction of sp³-hybridized carbons (Fsp3) is 0.500. The van der Waals surface area contributed by atoms with E-state index in [2.05, 4.69) is 0 Å². The van der Waals surface area contributed by atoms with Crippen LogP contribution in [0.15, 0.2) is 18.2 Å². The van der Waals surface area contributed by atoms with Crippen molar-refractivity contribution in [3.05, 3.63) is 35.1 Å². The monoisotopic (exact) mass is 211 g/mol. The lowest BCUT2D eigenvalue weighted by atomic mass is 9.93. The first-order valence-corrected chi connectivity index (χ1v) is 5.13. The Bertz CT molecular complexity index is 338. The Hall–Kier alpha value is -0.930. The summed E-state index contributed by atoms with van der Waals surface area (Å²) in [5.74, 6) is -0.157. The van der Waals surface area contributed by atoms with E-state index in [1.165, 1.54) is 6.07 Å². The standard InChI is InChI=1S/C12H18FNO/c1-7(2)12(15)11(14)9-4-5-10(13)8(3)6-9/h4-7,11-12,15H,14H2,1-3H3/t11-,12+/m1/s1. The van der Waals surface area contributed by atoms with Gasteiger partial charge in [0.2, 0.25) is 0 Å². The molecule has 0 fully saturated rings. The summed E-state index contributed by atoms with van der Waals surface area (Å²) in [7, 11) is 0. The Morgan fingerprint density at radius 2 is 1.93 bits per heavy atom. The van der Waals surface area contributed by atoms with Crippen molar-refractivity contribution in [2.75, 3.05) is 0 Å². The summed E-state index contributed by atoms with van der Waals surface area (Å²) in [6.45, 7) is 5.50. The van der Waals surface area contributed by atoms with Crippen LogP contribution in [0.4, 0.5) is 4.39 Å². The number of aliphatic hydroxyl groups excluding tert-OH is 1. The smallest absolute Gasteiger partial charge is 0.126 e. The minimum Gasteiger partial charge on any atom is -0.391 e. The minimum atomic E-state index is -0.602. The van der Waals surface area contributed by atoms with Crippen molar-refractivity contribution < 1.29 is 9.50 Å². The molecule has 0 aliphatic heterocycles. The van der Waals surface area contributed by atoms with Gasteiger partial charge in [-0.15, -0.1) is 0 Å². The highest BCUT2D eigenvalue weighted by atomic mass is 19.1. The first-order valence-electron chi connectivity index (χ1n) is 5.13. The van der Waals surface area contributed by atoms with Gasteiger partial charge >= 0.3 is 0 Å². The van der Waals surface area contributed by atoms with Crippen molar-refractivity contribution in [3.63, 3.8) is 0 Å². The molecule has 3 heteroatoms. The fourth-order valence-electron chi connectivity index (χ4n) is 1.49. The van der Waals surface area contributed by atoms with Gasteiger partial charge in [-0.2, -0.15) is 0 Å². The van der Waals surface area contributed by atoms with E-state index in [-0.39, 0.29) is 11.7 Å². The predicted octanol–water partition coefficient (Wildman–Crippen LogP) is 2.15. The normalized spacial score (nSPS) is 15.4. The Morgan fingerprint density at radius 3 is 2.40 bits per heavy atom. The second-order valence-electron chi connectivity index (χ2n) is 4.27. The second-order valence-corrected chi connectivity index (χ2v) is 4.27. The molecule has 0 radical (unpaired) electrons. The quantitative estimate of drug-likeness (QED) is 0.804. The molecule has 0 aliphatic carbocycles. The average molecular weight is 211 g/mol. The van der Waals surface area contributed by atoms with Crippen molar-refractivity contribution in [2.45, 2.75) is 32.9 Å². The Kier molecular flexibility index (Phi) is 3.83. The molecule has 3 N–H and O–H groups in total. The van der Waals surface area contributed by atoms with Crippen LogP contribution in [-0.4, -0.2) is 11.2 Å². The van der Waals surface area contributed by atoms with Gasteiger partial charge in [0.1, 0.15) is 5.82 Å². The minimum absolute atomic E-state index is 0.0883. The second kappa shape index (κ2) is 4.73. The molecule has 84 valence electrons. The molecule has 0 unspecified atom stereocenters. The maximum atomic E-state index is 13.0. The first kappa shape index (κ1) is 12.1. The molecule has 1 rings (SSSR count). The van der Waals surface area contributed by atoms with E-state index < -0.39 is 12.1 Å². The Balaban J connectivity index is 2.91. The van der Waals surface area contributed by atoms with Gasteiger partial charge in [0.05, 0.1) is 12.1 Å². The van der Waals surface area contributed by atoms with E-state index >= 15 is 0 Å². The van der Waals surface area contributed by atoms with E-state index in [4.69, 9.17) is 5.73 Å². The van der Waals surface area contributed by atoms with Gasteiger partial charge in [-0.1, -0.05) is 26.0 Å². The van der Waals surface area contributed by atoms with Gasteiger partial charge in [-0.3, -0.25) is 0 Å². The molecule has 1 aromatic carbocycles. The highest BCUT2D eigenvalue weighted by Crippen LogP contribution is 2.21. The summed E-state index contributed by atoms with van der Waals surface area (Å²) in [4.78, 5) is 0. The summed E-state index contributed by atoms with van der Waals surface area (Å²) >= 11 is 0. The van der Waals surface area contributed by atoms with E-state index in [1.807, 2.05) is 13.8 Å². The average Bonchev–Trinajstić information content (AvgIpc) is 2.19. The number of benzene rings is 1. The van der Waals surface area contributed by atoms with Crippen LogP contribution in [0.1, 0.15) is 31.0 Å². The zero-order chi connectivity index (χ0) is 11.6. The maximum absolute atomic E-state index is 13.0. The van der Waals surface area contributed by atoms with E-state index in [1.54, 1.807) is 19.1 Å². The Labute approximate surface area is 89.9 Å². The molecule has 0 heterocycles. The third-order valence-corrected chi connectivity index (χ3v) is 2.62. The van der Waals surface area contributed by atoms with Gasteiger partial charge in [0, 0.05) is 0 Å². The van der Waals surface area contributed by atoms with Crippen LogP contribution in [0.25, 0.3) is 0 Å². The van der Waals surface area contributed by atoms with Crippen molar-refractivity contribution in [1.82, 2.24) is 0 Å². The van der Waals surface area contributed by atoms with Crippen LogP contribution in [0, 0.1) is 18.7 Å². The van der Waals surface area contributed by atoms with Crippen molar-refractivity contribution in [3.8, 4) is 0 Å². The number of nitrogens with two attached hydrogens (primary N) is 1. The van der Waals surface area contributed by atoms with Gasteiger partial charge in [-0.25, -0.2) is 4.39 Å². The van der Waals surface area contributed by atoms with Crippen LogP contribution in [0.5, 0.6) is 0 Å². The van der Waals surface area contributed by atoms with E-state index in [0.29, 0.717) is 5.56 Å². The topological polar surface area (TPSA) is 46.2 Å². The molecule has 0 spiro atoms. The molecule has 0 aliphatic rings. The third kappa shape index (κ3) is 2.76. The third-order valence-electron chi connectivity index (χ3n) is 2.62. The molecule has 15 heavy (non-hydrogen) atoms. The van der Waals surface area contributed by atoms with E-state index in [9.17, 15) is 9.50 Å². The van der Waals surface area contributed by atoms with Crippen LogP contribution in [-0.2, 0) is 0 Å². The highest BCUT2D eigenvalue weighted by molar-refractivity contribution is 5.27. The SMILES string of the molecule is Cc1cc([C@@H](N)[C@@H](O)C(C)C)ccc1F. The summed E-state index contributed by atoms with van der Waals surface area (Å²) in [5, 5.41) is 9.79. The first-order chi connectivity index (χ1) is 6.93. The molecule has 1 aromatic rings. The van der Waals surface area contributed by atoms with Crippen LogP contribution >= 0.6 is 0 Å². The van der Waals surface area contributed by atoms with E-state index in [0.717, 1.165) is 5.56 Å². The lowest BCUT2D eigenvalue weighted by Crippen LogP contribution is -2.30. The Morgan fingerprint density at radius 1 is 1.33 bits per heavy atom. The molecule has 0 saturated carbocycles. The van der Waals surface area contributed by atoms with Gasteiger partial charge in [0.15, 0.2) is 0 Å². The molecule has 0 amide bonds. The number of hydrogen-bond acceptors (Lipinski definition) is 2. The largest absolute Gasteiger partial charge is 0.391 e. The van der Waals surface area contributed by atoms with Gasteiger partial charge in [0.25, 0.3) is 0 Å². The molecule has 0 bridgehead atoms. The summed E-state index contributed by atoms with van der Waals surface area (Å²) in [6, 6.07) is 4.24. The highest BCUT2D eigenvalue weighted by Gasteiger charge is 2.20. The number of aliphatic hydroxyl groups is 1. The summed E-state index contributed by atoms with van der Waals surface area (Å²) < 4.78 is 13.0.